The number of nitrogens with zero attached hydrogens (tertiary/aromatic N) is 2. The van der Waals surface area contributed by atoms with Crippen molar-refractivity contribution >= 4 is 11.0 Å². The summed E-state index contributed by atoms with van der Waals surface area (Å²) >= 11 is 0. The van der Waals surface area contributed by atoms with E-state index in [1.807, 2.05) is 39.1 Å². The summed E-state index contributed by atoms with van der Waals surface area (Å²) < 4.78 is 48.0. The molecule has 160 valence electrons. The monoisotopic (exact) mass is 427 g/mol. The number of H-pyrrole nitrogens is 1. The highest BCUT2D eigenvalue weighted by atomic mass is 19.4. The highest BCUT2D eigenvalue weighted by Gasteiger charge is 2.31. The zero-order valence-electron chi connectivity index (χ0n) is 17.1. The summed E-state index contributed by atoms with van der Waals surface area (Å²) in [5.41, 5.74) is 2.84. The fraction of sp³-hybridized carbons (Fsp3) is 0.217. The smallest absolute Gasteiger partial charge is 0.472 e. The van der Waals surface area contributed by atoms with Gasteiger partial charge in [-0.1, -0.05) is 12.1 Å². The zero-order valence-corrected chi connectivity index (χ0v) is 17.1. The molecule has 1 aromatic carbocycles. The van der Waals surface area contributed by atoms with Gasteiger partial charge in [-0.05, 0) is 56.7 Å². The summed E-state index contributed by atoms with van der Waals surface area (Å²) in [4.78, 5) is 12.0. The molecule has 8 heteroatoms. The Kier molecular flexibility index (Phi) is 5.08. The normalized spacial score (nSPS) is 12.2. The maximum absolute atomic E-state index is 12.7. The molecule has 0 bridgehead atoms. The van der Waals surface area contributed by atoms with Crippen LogP contribution in [0.3, 0.4) is 0 Å². The van der Waals surface area contributed by atoms with Crippen LogP contribution in [-0.4, -0.2) is 26.9 Å². The van der Waals surface area contributed by atoms with Crippen LogP contribution in [0, 0.1) is 0 Å². The third kappa shape index (κ3) is 4.96. The van der Waals surface area contributed by atoms with Gasteiger partial charge in [0.25, 0.3) is 0 Å². The molecule has 0 radical (unpaired) electrons. The lowest BCUT2D eigenvalue weighted by molar-refractivity contribution is -0.274. The first-order chi connectivity index (χ1) is 14.6. The lowest BCUT2D eigenvalue weighted by Crippen LogP contribution is -2.23. The van der Waals surface area contributed by atoms with Crippen LogP contribution in [0.5, 0.6) is 11.6 Å². The molecule has 1 N–H and O–H groups in total. The Morgan fingerprint density at radius 3 is 2.45 bits per heavy atom. The van der Waals surface area contributed by atoms with Crippen molar-refractivity contribution in [2.45, 2.75) is 32.7 Å². The van der Waals surface area contributed by atoms with Crippen molar-refractivity contribution in [3.63, 3.8) is 0 Å². The second kappa shape index (κ2) is 7.61. The second-order valence-electron chi connectivity index (χ2n) is 7.97. The van der Waals surface area contributed by atoms with E-state index in [9.17, 15) is 13.2 Å². The lowest BCUT2D eigenvalue weighted by atomic mass is 10.0. The summed E-state index contributed by atoms with van der Waals surface area (Å²) in [6.45, 7) is 5.69. The molecule has 0 saturated heterocycles. The number of pyridine rings is 2. The van der Waals surface area contributed by atoms with E-state index in [4.69, 9.17) is 4.74 Å². The van der Waals surface area contributed by atoms with Gasteiger partial charge in [-0.3, -0.25) is 0 Å². The van der Waals surface area contributed by atoms with Crippen molar-refractivity contribution in [2.75, 3.05) is 0 Å². The Morgan fingerprint density at radius 1 is 0.903 bits per heavy atom. The summed E-state index contributed by atoms with van der Waals surface area (Å²) in [5, 5.41) is 0.913. The van der Waals surface area contributed by atoms with Crippen molar-refractivity contribution in [1.82, 2.24) is 15.0 Å². The van der Waals surface area contributed by atoms with Crippen LogP contribution in [0.4, 0.5) is 13.2 Å². The van der Waals surface area contributed by atoms with Crippen LogP contribution in [-0.2, 0) is 0 Å². The van der Waals surface area contributed by atoms with Gasteiger partial charge in [0, 0.05) is 35.0 Å². The molecule has 3 aromatic heterocycles. The van der Waals surface area contributed by atoms with Gasteiger partial charge in [-0.15, -0.1) is 13.2 Å². The number of fused-ring (bicyclic) bond motifs is 1. The first-order valence-electron chi connectivity index (χ1n) is 9.57. The topological polar surface area (TPSA) is 60.0 Å². The number of alkyl halides is 3. The van der Waals surface area contributed by atoms with Crippen LogP contribution >= 0.6 is 0 Å². The van der Waals surface area contributed by atoms with Gasteiger partial charge in [0.1, 0.15) is 17.0 Å². The van der Waals surface area contributed by atoms with Gasteiger partial charge in [0.15, 0.2) is 0 Å². The van der Waals surface area contributed by atoms with Gasteiger partial charge in [-0.25, -0.2) is 9.97 Å². The average Bonchev–Trinajstić information content (AvgIpc) is 3.09. The van der Waals surface area contributed by atoms with E-state index in [0.29, 0.717) is 17.1 Å². The number of ether oxygens (including phenoxy) is 2. The maximum Gasteiger partial charge on any atom is 0.573 e. The minimum atomic E-state index is -4.77. The Morgan fingerprint density at radius 2 is 1.71 bits per heavy atom. The minimum Gasteiger partial charge on any atom is -0.472 e. The molecule has 4 aromatic rings. The van der Waals surface area contributed by atoms with Crippen LogP contribution in [0.15, 0.2) is 60.9 Å². The largest absolute Gasteiger partial charge is 0.573 e. The highest BCUT2D eigenvalue weighted by molar-refractivity contribution is 5.94. The van der Waals surface area contributed by atoms with Gasteiger partial charge >= 0.3 is 6.36 Å². The fourth-order valence-corrected chi connectivity index (χ4v) is 3.22. The van der Waals surface area contributed by atoms with E-state index in [-0.39, 0.29) is 5.75 Å². The third-order valence-corrected chi connectivity index (χ3v) is 4.34. The van der Waals surface area contributed by atoms with E-state index in [2.05, 4.69) is 19.7 Å². The highest BCUT2D eigenvalue weighted by Crippen LogP contribution is 2.35. The number of halogens is 3. The van der Waals surface area contributed by atoms with Gasteiger partial charge in [-0.2, -0.15) is 0 Å². The quantitative estimate of drug-likeness (QED) is 0.411. The SMILES string of the molecule is CC(C)(C)Oc1cc(-c2c[nH]c3ncccc23)cc(-c2cccc(OC(F)(F)F)c2)n1. The molecule has 31 heavy (non-hydrogen) atoms. The first-order valence-corrected chi connectivity index (χ1v) is 9.57. The Bertz CT molecular complexity index is 1230. The zero-order chi connectivity index (χ0) is 22.2. The first kappa shape index (κ1) is 20.7. The molecule has 0 atom stereocenters. The number of hydrogen-bond acceptors (Lipinski definition) is 4. The third-order valence-electron chi connectivity index (χ3n) is 4.34. The number of benzene rings is 1. The van der Waals surface area contributed by atoms with Crippen molar-refractivity contribution in [3.05, 3.63) is 60.9 Å². The molecular weight excluding hydrogens is 407 g/mol. The molecule has 0 aliphatic carbocycles. The minimum absolute atomic E-state index is 0.313. The van der Waals surface area contributed by atoms with E-state index < -0.39 is 12.0 Å². The second-order valence-corrected chi connectivity index (χ2v) is 7.97. The molecule has 4 rings (SSSR count). The summed E-state index contributed by atoms with van der Waals surface area (Å²) in [6.07, 6.45) is -1.24. The molecule has 0 aliphatic rings. The predicted molar refractivity (Wildman–Crippen MR) is 112 cm³/mol. The molecule has 0 fully saturated rings. The number of aromatic amines is 1. The number of aromatic nitrogens is 3. The fourth-order valence-electron chi connectivity index (χ4n) is 3.22. The van der Waals surface area contributed by atoms with E-state index in [1.54, 1.807) is 24.4 Å². The van der Waals surface area contributed by atoms with Crippen LogP contribution in [0.2, 0.25) is 0 Å². The van der Waals surface area contributed by atoms with Crippen LogP contribution < -0.4 is 9.47 Å². The standard InChI is InChI=1S/C23H20F3N3O2/c1-22(2,3)31-20-12-15(18-13-28-21-17(18)8-5-9-27-21)11-19(29-20)14-6-4-7-16(10-14)30-23(24,25)26/h4-13H,1-3H3,(H,27,28). The Labute approximate surface area is 176 Å². The Balaban J connectivity index is 1.84. The van der Waals surface area contributed by atoms with Crippen molar-refractivity contribution in [3.8, 4) is 34.0 Å². The predicted octanol–water partition coefficient (Wildman–Crippen LogP) is 6.37. The summed E-state index contributed by atoms with van der Waals surface area (Å²) in [7, 11) is 0. The average molecular weight is 427 g/mol. The van der Waals surface area contributed by atoms with Crippen LogP contribution in [0.1, 0.15) is 20.8 Å². The molecule has 0 amide bonds. The summed E-state index contributed by atoms with van der Waals surface area (Å²) in [6, 6.07) is 13.1. The number of nitrogens with one attached hydrogen (secondary N) is 1. The molecule has 0 spiro atoms. The maximum atomic E-state index is 12.7. The molecule has 3 heterocycles. The molecule has 0 aliphatic heterocycles. The lowest BCUT2D eigenvalue weighted by Gasteiger charge is -2.21. The Hall–Kier alpha value is -3.55. The summed E-state index contributed by atoms with van der Waals surface area (Å²) in [5.74, 6) is 0.0483. The number of hydrogen-bond donors (Lipinski definition) is 1. The molecular formula is C23H20F3N3O2. The van der Waals surface area contributed by atoms with Gasteiger partial charge in [0.05, 0.1) is 5.69 Å². The molecule has 0 saturated carbocycles. The van der Waals surface area contributed by atoms with Crippen molar-refractivity contribution in [2.24, 2.45) is 0 Å². The van der Waals surface area contributed by atoms with E-state index in [1.165, 1.54) is 18.2 Å². The van der Waals surface area contributed by atoms with Crippen LogP contribution in [0.25, 0.3) is 33.4 Å². The van der Waals surface area contributed by atoms with Gasteiger partial charge < -0.3 is 14.5 Å². The molecule has 5 nitrogen and oxygen atoms in total. The van der Waals surface area contributed by atoms with Gasteiger partial charge in [0.2, 0.25) is 5.88 Å². The van der Waals surface area contributed by atoms with E-state index >= 15 is 0 Å². The van der Waals surface area contributed by atoms with E-state index in [0.717, 1.165) is 22.2 Å². The van der Waals surface area contributed by atoms with Crippen molar-refractivity contribution in [1.29, 1.82) is 0 Å². The van der Waals surface area contributed by atoms with Crippen molar-refractivity contribution < 1.29 is 22.6 Å². The molecule has 0 unspecified atom stereocenters. The number of rotatable bonds is 4.